The molecule has 0 saturated carbocycles. The van der Waals surface area contributed by atoms with E-state index >= 15 is 0 Å². The largest absolute Gasteiger partial charge is 0.416 e. The maximum atomic E-state index is 13.4. The Kier molecular flexibility index (Phi) is 7.27. The zero-order valence-electron chi connectivity index (χ0n) is 23.7. The molecular formula is C30H27F3N8O3. The van der Waals surface area contributed by atoms with E-state index in [-0.39, 0.29) is 29.0 Å². The van der Waals surface area contributed by atoms with Gasteiger partial charge in [-0.05, 0) is 69.2 Å². The Morgan fingerprint density at radius 2 is 1.82 bits per heavy atom. The summed E-state index contributed by atoms with van der Waals surface area (Å²) in [5, 5.41) is 12.0. The summed E-state index contributed by atoms with van der Waals surface area (Å²) in [7, 11) is 0. The molecule has 0 spiro atoms. The molecule has 0 radical (unpaired) electrons. The summed E-state index contributed by atoms with van der Waals surface area (Å²) in [5.74, 6) is -0.316. The van der Waals surface area contributed by atoms with Crippen molar-refractivity contribution in [2.24, 2.45) is 0 Å². The van der Waals surface area contributed by atoms with Crippen LogP contribution in [0, 0.1) is 13.8 Å². The van der Waals surface area contributed by atoms with Crippen LogP contribution in [-0.2, 0) is 6.18 Å². The predicted octanol–water partition coefficient (Wildman–Crippen LogP) is 5.29. The molecule has 226 valence electrons. The predicted molar refractivity (Wildman–Crippen MR) is 154 cm³/mol. The number of benzene rings is 1. The van der Waals surface area contributed by atoms with E-state index in [1.807, 2.05) is 6.07 Å². The number of halogens is 3. The Bertz CT molecular complexity index is 1860. The maximum Gasteiger partial charge on any atom is 0.416 e. The van der Waals surface area contributed by atoms with Gasteiger partial charge in [-0.1, -0.05) is 5.16 Å². The molecule has 1 aliphatic heterocycles. The van der Waals surface area contributed by atoms with Gasteiger partial charge in [0.2, 0.25) is 0 Å². The molecule has 0 aliphatic carbocycles. The van der Waals surface area contributed by atoms with Gasteiger partial charge in [0.1, 0.15) is 28.5 Å². The smallest absolute Gasteiger partial charge is 0.382 e. The molecule has 1 aliphatic rings. The number of alkyl halides is 3. The van der Waals surface area contributed by atoms with Gasteiger partial charge in [-0.25, -0.2) is 14.6 Å². The number of aryl methyl sites for hydroxylation is 2. The Morgan fingerprint density at radius 1 is 1.07 bits per heavy atom. The molecule has 1 aromatic carbocycles. The summed E-state index contributed by atoms with van der Waals surface area (Å²) < 4.78 is 46.0. The third kappa shape index (κ3) is 5.34. The summed E-state index contributed by atoms with van der Waals surface area (Å²) in [4.78, 5) is 36.0. The van der Waals surface area contributed by atoms with E-state index in [0.29, 0.717) is 41.3 Å². The highest BCUT2D eigenvalue weighted by atomic mass is 19.4. The quantitative estimate of drug-likeness (QED) is 0.275. The first kappa shape index (κ1) is 28.8. The number of carbonyl (C=O) groups excluding carboxylic acids is 2. The number of hydrogen-bond donors (Lipinski definition) is 2. The summed E-state index contributed by atoms with van der Waals surface area (Å²) in [6.45, 7) is 4.51. The van der Waals surface area contributed by atoms with E-state index in [2.05, 4.69) is 20.4 Å². The number of rotatable bonds is 5. The van der Waals surface area contributed by atoms with E-state index in [1.54, 1.807) is 41.8 Å². The number of carbonyl (C=O) groups is 2. The van der Waals surface area contributed by atoms with Crippen LogP contribution in [0.3, 0.4) is 0 Å². The minimum Gasteiger partial charge on any atom is -0.382 e. The summed E-state index contributed by atoms with van der Waals surface area (Å²) in [5.41, 5.74) is 8.57. The van der Waals surface area contributed by atoms with Crippen molar-refractivity contribution in [3.05, 3.63) is 88.7 Å². The first-order valence-electron chi connectivity index (χ1n) is 13.8. The second-order valence-electron chi connectivity index (χ2n) is 10.6. The van der Waals surface area contributed by atoms with E-state index < -0.39 is 17.6 Å². The van der Waals surface area contributed by atoms with Crippen LogP contribution in [0.1, 0.15) is 62.2 Å². The number of anilines is 2. The molecule has 0 unspecified atom stereocenters. The van der Waals surface area contributed by atoms with Crippen molar-refractivity contribution in [1.82, 2.24) is 29.8 Å². The third-order valence-corrected chi connectivity index (χ3v) is 7.69. The number of pyridine rings is 2. The van der Waals surface area contributed by atoms with Crippen molar-refractivity contribution in [1.29, 1.82) is 0 Å². The molecule has 1 atom stereocenters. The van der Waals surface area contributed by atoms with Gasteiger partial charge in [0.15, 0.2) is 0 Å². The van der Waals surface area contributed by atoms with Gasteiger partial charge < -0.3 is 20.5 Å². The van der Waals surface area contributed by atoms with Crippen molar-refractivity contribution in [3.63, 3.8) is 0 Å². The van der Waals surface area contributed by atoms with Crippen LogP contribution in [0.25, 0.3) is 16.6 Å². The standard InChI is InChI=1S/C30H27F3N8O3/c1-16-24(17(2)44-39-16)29(43)40-13-3-4-19(15-40)25-22-10-12-36-27(34)26(22)41(38-25)21-7-5-18(6-8-21)28(42)37-23-14-20(9-11-35-23)30(31,32)33/h5-12,14,19H,3-4,13,15H2,1-2H3,(H2,34,36)(H,35,37,42)/t19-/m1/s1. The van der Waals surface area contributed by atoms with Gasteiger partial charge in [-0.15, -0.1) is 0 Å². The fourth-order valence-electron chi connectivity index (χ4n) is 5.55. The first-order chi connectivity index (χ1) is 21.0. The highest BCUT2D eigenvalue weighted by molar-refractivity contribution is 6.04. The average molecular weight is 605 g/mol. The second kappa shape index (κ2) is 11.1. The van der Waals surface area contributed by atoms with Gasteiger partial charge in [-0.2, -0.15) is 18.3 Å². The van der Waals surface area contributed by atoms with Crippen LogP contribution < -0.4 is 11.1 Å². The number of fused-ring (bicyclic) bond motifs is 1. The molecule has 2 amide bonds. The van der Waals surface area contributed by atoms with Gasteiger partial charge >= 0.3 is 6.18 Å². The fraction of sp³-hybridized carbons (Fsp3) is 0.267. The highest BCUT2D eigenvalue weighted by Crippen LogP contribution is 2.35. The lowest BCUT2D eigenvalue weighted by Crippen LogP contribution is -2.39. The minimum absolute atomic E-state index is 0.0799. The van der Waals surface area contributed by atoms with Crippen LogP contribution in [0.4, 0.5) is 24.8 Å². The van der Waals surface area contributed by atoms with Gasteiger partial charge in [0, 0.05) is 42.4 Å². The molecule has 5 heterocycles. The normalized spacial score (nSPS) is 15.5. The number of piperidine rings is 1. The molecular weight excluding hydrogens is 577 g/mol. The monoisotopic (exact) mass is 604 g/mol. The fourth-order valence-corrected chi connectivity index (χ4v) is 5.55. The Balaban J connectivity index is 1.27. The van der Waals surface area contributed by atoms with Crippen molar-refractivity contribution < 1.29 is 27.3 Å². The molecule has 0 bridgehead atoms. The number of hydrogen-bond acceptors (Lipinski definition) is 8. The molecule has 5 aromatic rings. The summed E-state index contributed by atoms with van der Waals surface area (Å²) >= 11 is 0. The molecule has 44 heavy (non-hydrogen) atoms. The number of aromatic nitrogens is 5. The van der Waals surface area contributed by atoms with Crippen LogP contribution in [0.15, 0.2) is 59.4 Å². The number of nitrogens with one attached hydrogen (secondary N) is 1. The van der Waals surface area contributed by atoms with Crippen LogP contribution in [-0.4, -0.2) is 54.7 Å². The SMILES string of the molecule is Cc1noc(C)c1C(=O)N1CCC[C@@H](c2nn(-c3ccc(C(=O)Nc4cc(C(F)(F)F)ccn4)cc3)c3c(N)nccc23)C1. The van der Waals surface area contributed by atoms with Gasteiger partial charge in [-0.3, -0.25) is 9.59 Å². The molecule has 1 fully saturated rings. The van der Waals surface area contributed by atoms with Crippen LogP contribution in [0.2, 0.25) is 0 Å². The number of amides is 2. The number of nitrogens with two attached hydrogens (primary N) is 1. The average Bonchev–Trinajstić information content (AvgIpc) is 3.57. The van der Waals surface area contributed by atoms with E-state index in [1.165, 1.54) is 12.1 Å². The van der Waals surface area contributed by atoms with Crippen LogP contribution >= 0.6 is 0 Å². The lowest BCUT2D eigenvalue weighted by Gasteiger charge is -2.32. The molecule has 3 N–H and O–H groups in total. The van der Waals surface area contributed by atoms with Crippen molar-refractivity contribution >= 4 is 34.4 Å². The zero-order valence-corrected chi connectivity index (χ0v) is 23.7. The Morgan fingerprint density at radius 3 is 2.52 bits per heavy atom. The molecule has 14 heteroatoms. The van der Waals surface area contributed by atoms with Crippen molar-refractivity contribution in [2.45, 2.75) is 38.8 Å². The topological polar surface area (TPSA) is 145 Å². The van der Waals surface area contributed by atoms with Crippen LogP contribution in [0.5, 0.6) is 0 Å². The first-order valence-corrected chi connectivity index (χ1v) is 13.8. The van der Waals surface area contributed by atoms with Crippen molar-refractivity contribution in [2.75, 3.05) is 24.1 Å². The van der Waals surface area contributed by atoms with Crippen molar-refractivity contribution in [3.8, 4) is 5.69 Å². The lowest BCUT2D eigenvalue weighted by atomic mass is 9.92. The van der Waals surface area contributed by atoms with Gasteiger partial charge in [0.25, 0.3) is 11.8 Å². The molecule has 6 rings (SSSR count). The molecule has 4 aromatic heterocycles. The Hall–Kier alpha value is -5.27. The van der Waals surface area contributed by atoms with E-state index in [4.69, 9.17) is 15.4 Å². The molecule has 1 saturated heterocycles. The second-order valence-corrected chi connectivity index (χ2v) is 10.6. The highest BCUT2D eigenvalue weighted by Gasteiger charge is 2.32. The minimum atomic E-state index is -4.56. The summed E-state index contributed by atoms with van der Waals surface area (Å²) in [6.07, 6.45) is -0.384. The Labute approximate surface area is 248 Å². The number of nitrogens with zero attached hydrogens (tertiary/aromatic N) is 6. The molecule has 11 nitrogen and oxygen atoms in total. The van der Waals surface area contributed by atoms with Gasteiger partial charge in [0.05, 0.1) is 22.6 Å². The van der Waals surface area contributed by atoms with E-state index in [9.17, 15) is 22.8 Å². The third-order valence-electron chi connectivity index (χ3n) is 7.69. The zero-order chi connectivity index (χ0) is 31.2. The summed E-state index contributed by atoms with van der Waals surface area (Å²) in [6, 6.07) is 9.81. The number of likely N-dealkylation sites (tertiary alicyclic amines) is 1. The lowest BCUT2D eigenvalue weighted by molar-refractivity contribution is -0.137. The maximum absolute atomic E-state index is 13.4. The number of nitrogen functional groups attached to an aromatic ring is 1. The van der Waals surface area contributed by atoms with E-state index in [0.717, 1.165) is 42.3 Å².